The monoisotopic (exact) mass is 209 g/mol. The molecule has 0 aliphatic carbocycles. The van der Waals surface area contributed by atoms with E-state index < -0.39 is 5.82 Å². The molecule has 1 aromatic heterocycles. The first-order valence-corrected chi connectivity index (χ1v) is 4.12. The predicted molar refractivity (Wildman–Crippen MR) is 49.7 cm³/mol. The summed E-state index contributed by atoms with van der Waals surface area (Å²) in [5.41, 5.74) is 5.91. The Morgan fingerprint density at radius 3 is 2.93 bits per heavy atom. The van der Waals surface area contributed by atoms with Gasteiger partial charge in [0.15, 0.2) is 5.75 Å². The number of aromatic nitrogens is 4. The lowest BCUT2D eigenvalue weighted by Gasteiger charge is -2.05. The van der Waals surface area contributed by atoms with Gasteiger partial charge < -0.3 is 10.5 Å². The molecule has 15 heavy (non-hydrogen) atoms. The van der Waals surface area contributed by atoms with Crippen LogP contribution in [0.5, 0.6) is 11.8 Å². The van der Waals surface area contributed by atoms with Gasteiger partial charge in [0.1, 0.15) is 5.82 Å². The van der Waals surface area contributed by atoms with Gasteiger partial charge in [-0.1, -0.05) is 5.10 Å². The average molecular weight is 209 g/mol. The number of tetrazole rings is 1. The lowest BCUT2D eigenvalue weighted by atomic mass is 10.3. The number of halogens is 1. The summed E-state index contributed by atoms with van der Waals surface area (Å²) in [5, 5.41) is 10.5. The van der Waals surface area contributed by atoms with Crippen LogP contribution in [0.1, 0.15) is 0 Å². The Labute approximate surface area is 84.5 Å². The summed E-state index contributed by atoms with van der Waals surface area (Å²) in [6.07, 6.45) is 0. The number of nitrogen functional groups attached to an aromatic ring is 1. The Morgan fingerprint density at radius 2 is 2.27 bits per heavy atom. The third kappa shape index (κ3) is 1.85. The zero-order valence-corrected chi connectivity index (χ0v) is 7.88. The Hall–Kier alpha value is -2.18. The highest BCUT2D eigenvalue weighted by Gasteiger charge is 2.08. The SMILES string of the molecule is Cn1nnnc1Oc1cc(F)ccc1N. The molecule has 0 saturated heterocycles. The maximum absolute atomic E-state index is 12.9. The van der Waals surface area contributed by atoms with Gasteiger partial charge in [-0.25, -0.2) is 4.39 Å². The van der Waals surface area contributed by atoms with E-state index in [1.807, 2.05) is 0 Å². The molecule has 7 heteroatoms. The van der Waals surface area contributed by atoms with Crippen LogP contribution < -0.4 is 10.5 Å². The molecule has 0 spiro atoms. The highest BCUT2D eigenvalue weighted by molar-refractivity contribution is 5.53. The molecular formula is C8H8FN5O. The predicted octanol–water partition coefficient (Wildman–Crippen LogP) is 0.724. The number of anilines is 1. The summed E-state index contributed by atoms with van der Waals surface area (Å²) in [5.74, 6) is -0.248. The molecule has 0 bridgehead atoms. The Bertz CT molecular complexity index is 484. The molecule has 0 amide bonds. The van der Waals surface area contributed by atoms with E-state index in [0.29, 0.717) is 5.69 Å². The zero-order chi connectivity index (χ0) is 10.8. The van der Waals surface area contributed by atoms with Crippen LogP contribution in [-0.2, 0) is 7.05 Å². The van der Waals surface area contributed by atoms with Crippen molar-refractivity contribution < 1.29 is 9.13 Å². The molecule has 0 aliphatic heterocycles. The van der Waals surface area contributed by atoms with Gasteiger partial charge in [0, 0.05) is 13.1 Å². The highest BCUT2D eigenvalue weighted by Crippen LogP contribution is 2.25. The van der Waals surface area contributed by atoms with Gasteiger partial charge >= 0.3 is 6.01 Å². The fraction of sp³-hybridized carbons (Fsp3) is 0.125. The molecule has 0 radical (unpaired) electrons. The summed E-state index contributed by atoms with van der Waals surface area (Å²) in [6, 6.07) is 3.97. The number of hydrogen-bond acceptors (Lipinski definition) is 5. The molecular weight excluding hydrogens is 201 g/mol. The van der Waals surface area contributed by atoms with E-state index in [0.717, 1.165) is 0 Å². The maximum Gasteiger partial charge on any atom is 0.340 e. The van der Waals surface area contributed by atoms with Gasteiger partial charge in [0.2, 0.25) is 0 Å². The van der Waals surface area contributed by atoms with Gasteiger partial charge in [0.25, 0.3) is 0 Å². The first-order valence-electron chi connectivity index (χ1n) is 4.12. The van der Waals surface area contributed by atoms with Crippen molar-refractivity contribution in [1.29, 1.82) is 0 Å². The fourth-order valence-corrected chi connectivity index (χ4v) is 1.00. The Balaban J connectivity index is 2.32. The minimum absolute atomic E-state index is 0.146. The molecule has 0 fully saturated rings. The minimum Gasteiger partial charge on any atom is -0.421 e. The van der Waals surface area contributed by atoms with Crippen LogP contribution in [0.3, 0.4) is 0 Å². The number of aryl methyl sites for hydroxylation is 1. The van der Waals surface area contributed by atoms with E-state index in [1.54, 1.807) is 7.05 Å². The second kappa shape index (κ2) is 3.52. The Morgan fingerprint density at radius 1 is 1.47 bits per heavy atom. The maximum atomic E-state index is 12.9. The second-order valence-electron chi connectivity index (χ2n) is 2.87. The first-order chi connectivity index (χ1) is 7.16. The van der Waals surface area contributed by atoms with Crippen LogP contribution in [-0.4, -0.2) is 20.2 Å². The number of nitrogens with two attached hydrogens (primary N) is 1. The molecule has 6 nitrogen and oxygen atoms in total. The third-order valence-corrected chi connectivity index (χ3v) is 1.76. The summed E-state index contributed by atoms with van der Waals surface area (Å²) >= 11 is 0. The molecule has 0 atom stereocenters. The van der Waals surface area contributed by atoms with Crippen LogP contribution in [0.2, 0.25) is 0 Å². The van der Waals surface area contributed by atoms with Crippen LogP contribution in [0.15, 0.2) is 18.2 Å². The van der Waals surface area contributed by atoms with Gasteiger partial charge in [-0.05, 0) is 22.6 Å². The lowest BCUT2D eigenvalue weighted by Crippen LogP contribution is -1.98. The quantitative estimate of drug-likeness (QED) is 0.737. The lowest BCUT2D eigenvalue weighted by molar-refractivity contribution is 0.413. The summed E-state index contributed by atoms with van der Waals surface area (Å²) in [7, 11) is 1.60. The normalized spacial score (nSPS) is 10.3. The van der Waals surface area contributed by atoms with E-state index in [-0.39, 0.29) is 11.8 Å². The van der Waals surface area contributed by atoms with Crippen LogP contribution in [0.25, 0.3) is 0 Å². The Kier molecular flexibility index (Phi) is 2.20. The second-order valence-corrected chi connectivity index (χ2v) is 2.87. The highest BCUT2D eigenvalue weighted by atomic mass is 19.1. The topological polar surface area (TPSA) is 78.8 Å². The number of hydrogen-bond donors (Lipinski definition) is 1. The third-order valence-electron chi connectivity index (χ3n) is 1.76. The molecule has 0 aliphatic rings. The van der Waals surface area contributed by atoms with Gasteiger partial charge in [-0.2, -0.15) is 4.68 Å². The number of nitrogens with zero attached hydrogens (tertiary/aromatic N) is 4. The van der Waals surface area contributed by atoms with E-state index in [2.05, 4.69) is 15.5 Å². The van der Waals surface area contributed by atoms with Crippen LogP contribution >= 0.6 is 0 Å². The molecule has 1 heterocycles. The number of ether oxygens (including phenoxy) is 1. The molecule has 2 rings (SSSR count). The summed E-state index contributed by atoms with van der Waals surface area (Å²) in [6.45, 7) is 0. The van der Waals surface area contributed by atoms with Gasteiger partial charge in [-0.3, -0.25) is 0 Å². The number of rotatable bonds is 2. The molecule has 0 saturated carbocycles. The molecule has 1 aromatic carbocycles. The van der Waals surface area contributed by atoms with E-state index >= 15 is 0 Å². The minimum atomic E-state index is -0.436. The standard InChI is InChI=1S/C8H8FN5O/c1-14-8(11-12-13-14)15-7-4-5(9)2-3-6(7)10/h2-4H,10H2,1H3. The van der Waals surface area contributed by atoms with Crippen molar-refractivity contribution in [2.24, 2.45) is 7.05 Å². The summed E-state index contributed by atoms with van der Waals surface area (Å²) < 4.78 is 19.4. The molecule has 78 valence electrons. The first kappa shape index (κ1) is 9.38. The van der Waals surface area contributed by atoms with Gasteiger partial charge in [0.05, 0.1) is 5.69 Å². The molecule has 0 unspecified atom stereocenters. The van der Waals surface area contributed by atoms with E-state index in [4.69, 9.17) is 10.5 Å². The van der Waals surface area contributed by atoms with Crippen molar-refractivity contribution in [1.82, 2.24) is 20.2 Å². The van der Waals surface area contributed by atoms with Crippen molar-refractivity contribution >= 4 is 5.69 Å². The fourth-order valence-electron chi connectivity index (χ4n) is 1.00. The van der Waals surface area contributed by atoms with Crippen molar-refractivity contribution in [3.63, 3.8) is 0 Å². The largest absolute Gasteiger partial charge is 0.421 e. The molecule has 2 aromatic rings. The zero-order valence-electron chi connectivity index (χ0n) is 7.88. The average Bonchev–Trinajstić information content (AvgIpc) is 2.58. The molecule has 2 N–H and O–H groups in total. The number of benzene rings is 1. The smallest absolute Gasteiger partial charge is 0.340 e. The van der Waals surface area contributed by atoms with E-state index in [1.165, 1.54) is 22.9 Å². The van der Waals surface area contributed by atoms with Crippen molar-refractivity contribution in [3.8, 4) is 11.8 Å². The van der Waals surface area contributed by atoms with Crippen molar-refractivity contribution in [3.05, 3.63) is 24.0 Å². The summed E-state index contributed by atoms with van der Waals surface area (Å²) in [4.78, 5) is 0. The van der Waals surface area contributed by atoms with Gasteiger partial charge in [-0.15, -0.1) is 0 Å². The van der Waals surface area contributed by atoms with Crippen LogP contribution in [0, 0.1) is 5.82 Å². The van der Waals surface area contributed by atoms with E-state index in [9.17, 15) is 4.39 Å². The van der Waals surface area contributed by atoms with Crippen molar-refractivity contribution in [2.75, 3.05) is 5.73 Å². The van der Waals surface area contributed by atoms with Crippen molar-refractivity contribution in [2.45, 2.75) is 0 Å². The van der Waals surface area contributed by atoms with Crippen LogP contribution in [0.4, 0.5) is 10.1 Å².